The Balaban J connectivity index is 1.31. The van der Waals surface area contributed by atoms with Gasteiger partial charge in [-0.1, -0.05) is 60.7 Å². The number of hydrogen-bond acceptors (Lipinski definition) is 6. The fourth-order valence-electron chi connectivity index (χ4n) is 2.81. The molecule has 0 unspecified atom stereocenters. The molecule has 0 N–H and O–H groups in total. The van der Waals surface area contributed by atoms with Gasteiger partial charge in [0.1, 0.15) is 25.4 Å². The van der Waals surface area contributed by atoms with Crippen molar-refractivity contribution in [3.63, 3.8) is 0 Å². The minimum absolute atomic E-state index is 0.127. The van der Waals surface area contributed by atoms with Crippen LogP contribution in [-0.2, 0) is 42.1 Å². The molecule has 3 rings (SSSR count). The topological polar surface area (TPSA) is 71.1 Å². The fraction of sp³-hybridized carbons (Fsp3) is 0.304. The number of esters is 2. The van der Waals surface area contributed by atoms with E-state index in [1.165, 1.54) is 6.08 Å². The van der Waals surface area contributed by atoms with Crippen LogP contribution in [0.3, 0.4) is 0 Å². The van der Waals surface area contributed by atoms with Crippen LogP contribution in [-0.4, -0.2) is 24.1 Å². The first-order chi connectivity index (χ1) is 14.2. The summed E-state index contributed by atoms with van der Waals surface area (Å²) in [4.78, 5) is 34.3. The third-order valence-corrected chi connectivity index (χ3v) is 4.40. The molecule has 0 spiro atoms. The Hall–Kier alpha value is -2.96. The number of ether oxygens (including phenoxy) is 2. The second kappa shape index (κ2) is 11.1. The molecule has 6 nitrogen and oxygen atoms in total. The lowest BCUT2D eigenvalue weighted by atomic mass is 10.1. The highest BCUT2D eigenvalue weighted by Crippen LogP contribution is 2.20. The molecule has 1 fully saturated rings. The molecule has 152 valence electrons. The first kappa shape index (κ1) is 20.8. The van der Waals surface area contributed by atoms with Crippen LogP contribution in [0.4, 0.5) is 0 Å². The van der Waals surface area contributed by atoms with Crippen LogP contribution in [0, 0.1) is 0 Å². The quantitative estimate of drug-likeness (QED) is 0.383. The molecule has 2 atom stereocenters. The largest absolute Gasteiger partial charge is 0.461 e. The van der Waals surface area contributed by atoms with Crippen molar-refractivity contribution in [2.45, 2.75) is 44.7 Å². The summed E-state index contributed by atoms with van der Waals surface area (Å²) in [5, 5.41) is 0. The second-order valence-electron chi connectivity index (χ2n) is 6.73. The van der Waals surface area contributed by atoms with Gasteiger partial charge >= 0.3 is 11.9 Å². The third kappa shape index (κ3) is 7.52. The van der Waals surface area contributed by atoms with Crippen LogP contribution in [0.15, 0.2) is 72.8 Å². The highest BCUT2D eigenvalue weighted by molar-refractivity contribution is 5.82. The Morgan fingerprint density at radius 3 is 2.07 bits per heavy atom. The summed E-state index contributed by atoms with van der Waals surface area (Å²) < 4.78 is 10.4. The van der Waals surface area contributed by atoms with E-state index >= 15 is 0 Å². The smallest absolute Gasteiger partial charge is 0.330 e. The lowest BCUT2D eigenvalue weighted by Gasteiger charge is -2.25. The first-order valence-electron chi connectivity index (χ1n) is 9.59. The van der Waals surface area contributed by atoms with Crippen LogP contribution in [0.5, 0.6) is 0 Å². The van der Waals surface area contributed by atoms with E-state index in [0.29, 0.717) is 12.8 Å². The van der Waals surface area contributed by atoms with Crippen LogP contribution < -0.4 is 0 Å². The summed E-state index contributed by atoms with van der Waals surface area (Å²) in [5.74, 6) is -0.773. The fourth-order valence-corrected chi connectivity index (χ4v) is 2.81. The zero-order chi connectivity index (χ0) is 20.3. The Morgan fingerprint density at radius 2 is 1.48 bits per heavy atom. The van der Waals surface area contributed by atoms with Crippen molar-refractivity contribution >= 4 is 11.9 Å². The summed E-state index contributed by atoms with van der Waals surface area (Å²) in [6, 6.07) is 19.0. The number of hydrogen-bond donors (Lipinski definition) is 0. The number of benzene rings is 2. The van der Waals surface area contributed by atoms with Crippen LogP contribution in [0.1, 0.15) is 30.4 Å². The zero-order valence-electron chi connectivity index (χ0n) is 16.1. The average molecular weight is 396 g/mol. The van der Waals surface area contributed by atoms with E-state index in [0.717, 1.165) is 11.1 Å². The maximum atomic E-state index is 11.9. The van der Waals surface area contributed by atoms with Gasteiger partial charge in [-0.25, -0.2) is 14.6 Å². The van der Waals surface area contributed by atoms with E-state index in [4.69, 9.17) is 19.2 Å². The SMILES string of the molecule is O=C(/C=C/[C@@H]1CC[C@@H](CC(=O)OCc2ccccc2)OO1)OCc1ccccc1. The van der Waals surface area contributed by atoms with E-state index in [-0.39, 0.29) is 37.8 Å². The molecule has 0 aliphatic carbocycles. The maximum absolute atomic E-state index is 11.9. The van der Waals surface area contributed by atoms with Gasteiger partial charge in [0.15, 0.2) is 0 Å². The Bertz CT molecular complexity index is 795. The standard InChI is InChI=1S/C23H24O6/c24-22(26-16-18-7-3-1-4-8-18)14-13-20-11-12-21(29-28-20)15-23(25)27-17-19-9-5-2-6-10-19/h1-10,13-14,20-21H,11-12,15-17H2/b14-13+/t20-,21-/m0/s1. The number of carbonyl (C=O) groups is 2. The van der Waals surface area contributed by atoms with E-state index in [2.05, 4.69) is 0 Å². The van der Waals surface area contributed by atoms with Gasteiger partial charge in [0.25, 0.3) is 0 Å². The molecule has 0 saturated carbocycles. The number of carbonyl (C=O) groups excluding carboxylic acids is 2. The summed E-state index contributed by atoms with van der Waals surface area (Å²) in [7, 11) is 0. The molecular formula is C23H24O6. The molecule has 6 heteroatoms. The molecule has 1 aliphatic rings. The number of rotatable bonds is 8. The van der Waals surface area contributed by atoms with E-state index in [1.807, 2.05) is 60.7 Å². The normalized spacial score (nSPS) is 19.0. The van der Waals surface area contributed by atoms with Crippen molar-refractivity contribution in [2.24, 2.45) is 0 Å². The predicted octanol–water partition coefficient (Wildman–Crippen LogP) is 3.90. The summed E-state index contributed by atoms with van der Waals surface area (Å²) >= 11 is 0. The molecule has 2 aromatic carbocycles. The van der Waals surface area contributed by atoms with E-state index < -0.39 is 5.97 Å². The molecule has 29 heavy (non-hydrogen) atoms. The summed E-state index contributed by atoms with van der Waals surface area (Å²) in [5.41, 5.74) is 1.86. The lowest BCUT2D eigenvalue weighted by molar-refractivity contribution is -0.363. The van der Waals surface area contributed by atoms with Gasteiger partial charge in [-0.2, -0.15) is 0 Å². The van der Waals surface area contributed by atoms with Gasteiger partial charge in [0.2, 0.25) is 0 Å². The van der Waals surface area contributed by atoms with Crippen molar-refractivity contribution < 1.29 is 28.8 Å². The van der Waals surface area contributed by atoms with Crippen LogP contribution >= 0.6 is 0 Å². The highest BCUT2D eigenvalue weighted by Gasteiger charge is 2.24. The zero-order valence-corrected chi connectivity index (χ0v) is 16.1. The minimum Gasteiger partial charge on any atom is -0.461 e. The Kier molecular flexibility index (Phi) is 7.98. The molecule has 0 radical (unpaired) electrons. The van der Waals surface area contributed by atoms with Gasteiger partial charge in [0.05, 0.1) is 6.42 Å². The minimum atomic E-state index is -0.441. The Labute approximate surface area is 170 Å². The van der Waals surface area contributed by atoms with Crippen LogP contribution in [0.2, 0.25) is 0 Å². The van der Waals surface area contributed by atoms with Crippen molar-refractivity contribution in [2.75, 3.05) is 0 Å². The van der Waals surface area contributed by atoms with Gasteiger partial charge < -0.3 is 9.47 Å². The Morgan fingerprint density at radius 1 is 0.862 bits per heavy atom. The van der Waals surface area contributed by atoms with Crippen molar-refractivity contribution in [1.29, 1.82) is 0 Å². The summed E-state index contributed by atoms with van der Waals surface area (Å²) in [6.07, 6.45) is 3.64. The van der Waals surface area contributed by atoms with E-state index in [1.54, 1.807) is 6.08 Å². The third-order valence-electron chi connectivity index (χ3n) is 4.40. The van der Waals surface area contributed by atoms with Gasteiger partial charge in [-0.05, 0) is 30.0 Å². The molecule has 0 aromatic heterocycles. The lowest BCUT2D eigenvalue weighted by Crippen LogP contribution is -2.29. The van der Waals surface area contributed by atoms with Gasteiger partial charge in [-0.15, -0.1) is 0 Å². The van der Waals surface area contributed by atoms with Gasteiger partial charge in [0, 0.05) is 6.08 Å². The second-order valence-corrected chi connectivity index (χ2v) is 6.73. The van der Waals surface area contributed by atoms with Gasteiger partial charge in [-0.3, -0.25) is 4.79 Å². The molecule has 1 saturated heterocycles. The maximum Gasteiger partial charge on any atom is 0.330 e. The molecule has 1 aliphatic heterocycles. The first-order valence-corrected chi connectivity index (χ1v) is 9.59. The predicted molar refractivity (Wildman–Crippen MR) is 105 cm³/mol. The van der Waals surface area contributed by atoms with Crippen LogP contribution in [0.25, 0.3) is 0 Å². The highest BCUT2D eigenvalue weighted by atomic mass is 17.2. The van der Waals surface area contributed by atoms with Crippen molar-refractivity contribution in [3.8, 4) is 0 Å². The monoisotopic (exact) mass is 396 g/mol. The molecule has 0 bridgehead atoms. The van der Waals surface area contributed by atoms with Crippen molar-refractivity contribution in [3.05, 3.63) is 83.9 Å². The average Bonchev–Trinajstić information content (AvgIpc) is 2.77. The molecular weight excluding hydrogens is 372 g/mol. The summed E-state index contributed by atoms with van der Waals surface area (Å²) in [6.45, 7) is 0.461. The van der Waals surface area contributed by atoms with E-state index in [9.17, 15) is 9.59 Å². The van der Waals surface area contributed by atoms with Crippen molar-refractivity contribution in [1.82, 2.24) is 0 Å². The molecule has 0 amide bonds. The molecule has 1 heterocycles. The molecule has 2 aromatic rings.